The fourth-order valence-corrected chi connectivity index (χ4v) is 1.27. The molecule has 0 aromatic carbocycles. The average molecular weight is 182 g/mol. The van der Waals surface area contributed by atoms with E-state index in [1.165, 1.54) is 0 Å². The Morgan fingerprint density at radius 1 is 1.54 bits per heavy atom. The van der Waals surface area contributed by atoms with Crippen molar-refractivity contribution in [3.8, 4) is 0 Å². The van der Waals surface area contributed by atoms with Crippen LogP contribution in [0.2, 0.25) is 0 Å². The van der Waals surface area contributed by atoms with Crippen molar-refractivity contribution in [2.24, 2.45) is 0 Å². The second-order valence-corrected chi connectivity index (χ2v) is 3.68. The Morgan fingerprint density at radius 3 is 2.77 bits per heavy atom. The number of nitrogens with zero attached hydrogens (tertiary/aromatic N) is 2. The van der Waals surface area contributed by atoms with Gasteiger partial charge < -0.3 is 10.1 Å². The van der Waals surface area contributed by atoms with E-state index < -0.39 is 0 Å². The van der Waals surface area contributed by atoms with Crippen molar-refractivity contribution in [2.45, 2.75) is 26.1 Å². The minimum Gasteiger partial charge on any atom is -0.365 e. The summed E-state index contributed by atoms with van der Waals surface area (Å²) < 4.78 is 5.66. The predicted octanol–water partition coefficient (Wildman–Crippen LogP) is -0.00838. The van der Waals surface area contributed by atoms with Gasteiger partial charge in [-0.15, -0.1) is 0 Å². The molecule has 0 bridgehead atoms. The lowest BCUT2D eigenvalue weighted by atomic mass is 10.0. The molecule has 13 heavy (non-hydrogen) atoms. The Labute approximate surface area is 76.9 Å². The predicted molar refractivity (Wildman–Crippen MR) is 47.2 cm³/mol. The van der Waals surface area contributed by atoms with E-state index in [4.69, 9.17) is 4.74 Å². The summed E-state index contributed by atoms with van der Waals surface area (Å²) in [5.41, 5.74) is -0.0193. The minimum absolute atomic E-state index is 0.0193. The van der Waals surface area contributed by atoms with Crippen molar-refractivity contribution in [3.63, 3.8) is 0 Å². The number of hydrogen-bond donors (Lipinski definition) is 2. The standard InChI is InChI=1S/C8H14N4O/c1-6-10-7(12-11-6)3-13-8(2)4-9-5-8/h9H,3-5H2,1-2H3,(H,10,11,12). The first kappa shape index (κ1) is 8.65. The van der Waals surface area contributed by atoms with Gasteiger partial charge in [-0.05, 0) is 13.8 Å². The molecule has 72 valence electrons. The number of rotatable bonds is 3. The van der Waals surface area contributed by atoms with E-state index in [-0.39, 0.29) is 5.60 Å². The Bertz CT molecular complexity index is 292. The lowest BCUT2D eigenvalue weighted by molar-refractivity contribution is -0.0789. The molecule has 5 heteroatoms. The Kier molecular flexibility index (Phi) is 2.05. The zero-order valence-corrected chi connectivity index (χ0v) is 7.92. The van der Waals surface area contributed by atoms with Crippen molar-refractivity contribution in [1.29, 1.82) is 0 Å². The van der Waals surface area contributed by atoms with Crippen LogP contribution in [0.4, 0.5) is 0 Å². The molecule has 0 saturated carbocycles. The summed E-state index contributed by atoms with van der Waals surface area (Å²) >= 11 is 0. The van der Waals surface area contributed by atoms with Gasteiger partial charge in [0, 0.05) is 13.1 Å². The normalized spacial score (nSPS) is 19.8. The number of aromatic nitrogens is 3. The summed E-state index contributed by atoms with van der Waals surface area (Å²) in [6.07, 6.45) is 0. The van der Waals surface area contributed by atoms with Crippen LogP contribution < -0.4 is 5.32 Å². The molecule has 0 unspecified atom stereocenters. The summed E-state index contributed by atoms with van der Waals surface area (Å²) in [5.74, 6) is 1.56. The second-order valence-electron chi connectivity index (χ2n) is 3.68. The van der Waals surface area contributed by atoms with Gasteiger partial charge in [0.15, 0.2) is 5.82 Å². The van der Waals surface area contributed by atoms with Crippen LogP contribution in [-0.2, 0) is 11.3 Å². The molecule has 2 N–H and O–H groups in total. The first-order valence-electron chi connectivity index (χ1n) is 4.40. The maximum Gasteiger partial charge on any atom is 0.176 e. The van der Waals surface area contributed by atoms with Crippen LogP contribution in [0.3, 0.4) is 0 Å². The molecule has 1 aliphatic rings. The number of aryl methyl sites for hydroxylation is 1. The van der Waals surface area contributed by atoms with Gasteiger partial charge >= 0.3 is 0 Å². The Balaban J connectivity index is 1.85. The Hall–Kier alpha value is -0.940. The first-order valence-corrected chi connectivity index (χ1v) is 4.40. The van der Waals surface area contributed by atoms with Gasteiger partial charge in [0.2, 0.25) is 0 Å². The molecular weight excluding hydrogens is 168 g/mol. The molecule has 1 aromatic heterocycles. The number of hydrogen-bond acceptors (Lipinski definition) is 4. The highest BCUT2D eigenvalue weighted by atomic mass is 16.5. The van der Waals surface area contributed by atoms with E-state index in [0.29, 0.717) is 6.61 Å². The zero-order valence-electron chi connectivity index (χ0n) is 7.92. The molecule has 5 nitrogen and oxygen atoms in total. The first-order chi connectivity index (χ1) is 6.18. The Morgan fingerprint density at radius 2 is 2.31 bits per heavy atom. The molecule has 0 amide bonds. The zero-order chi connectivity index (χ0) is 9.31. The van der Waals surface area contributed by atoms with Crippen LogP contribution in [0, 0.1) is 6.92 Å². The average Bonchev–Trinajstić information content (AvgIpc) is 2.44. The fourth-order valence-electron chi connectivity index (χ4n) is 1.27. The van der Waals surface area contributed by atoms with Crippen molar-refractivity contribution >= 4 is 0 Å². The van der Waals surface area contributed by atoms with Crippen molar-refractivity contribution in [1.82, 2.24) is 20.5 Å². The van der Waals surface area contributed by atoms with E-state index in [0.717, 1.165) is 24.7 Å². The van der Waals surface area contributed by atoms with Gasteiger partial charge in [-0.3, -0.25) is 5.10 Å². The topological polar surface area (TPSA) is 62.8 Å². The quantitative estimate of drug-likeness (QED) is 0.690. The summed E-state index contributed by atoms with van der Waals surface area (Å²) in [6.45, 7) is 6.28. The molecule has 2 rings (SSSR count). The number of aromatic amines is 1. The van der Waals surface area contributed by atoms with Gasteiger partial charge in [0.1, 0.15) is 12.4 Å². The third-order valence-electron chi connectivity index (χ3n) is 2.19. The smallest absolute Gasteiger partial charge is 0.176 e. The molecule has 2 heterocycles. The van der Waals surface area contributed by atoms with Gasteiger partial charge in [-0.2, -0.15) is 5.10 Å². The van der Waals surface area contributed by atoms with Crippen LogP contribution in [-0.4, -0.2) is 33.9 Å². The highest BCUT2D eigenvalue weighted by Gasteiger charge is 2.32. The van der Waals surface area contributed by atoms with Gasteiger partial charge in [-0.1, -0.05) is 0 Å². The number of nitrogens with one attached hydrogen (secondary N) is 2. The molecule has 1 aliphatic heterocycles. The van der Waals surface area contributed by atoms with Crippen LogP contribution in [0.5, 0.6) is 0 Å². The van der Waals surface area contributed by atoms with Gasteiger partial charge in [-0.25, -0.2) is 4.98 Å². The number of ether oxygens (including phenoxy) is 1. The van der Waals surface area contributed by atoms with Crippen LogP contribution >= 0.6 is 0 Å². The molecule has 1 saturated heterocycles. The van der Waals surface area contributed by atoms with E-state index in [9.17, 15) is 0 Å². The van der Waals surface area contributed by atoms with Gasteiger partial charge in [0.05, 0.1) is 5.60 Å². The van der Waals surface area contributed by atoms with E-state index >= 15 is 0 Å². The van der Waals surface area contributed by atoms with Crippen molar-refractivity contribution in [2.75, 3.05) is 13.1 Å². The lowest BCUT2D eigenvalue weighted by Crippen LogP contribution is -2.58. The van der Waals surface area contributed by atoms with Gasteiger partial charge in [0.25, 0.3) is 0 Å². The van der Waals surface area contributed by atoms with Crippen LogP contribution in [0.1, 0.15) is 18.6 Å². The van der Waals surface area contributed by atoms with Crippen LogP contribution in [0.15, 0.2) is 0 Å². The largest absolute Gasteiger partial charge is 0.365 e. The van der Waals surface area contributed by atoms with Crippen LogP contribution in [0.25, 0.3) is 0 Å². The molecule has 0 radical (unpaired) electrons. The van der Waals surface area contributed by atoms with E-state index in [1.807, 2.05) is 6.92 Å². The number of H-pyrrole nitrogens is 1. The maximum absolute atomic E-state index is 5.66. The van der Waals surface area contributed by atoms with E-state index in [1.54, 1.807) is 0 Å². The third-order valence-corrected chi connectivity index (χ3v) is 2.19. The molecule has 0 spiro atoms. The summed E-state index contributed by atoms with van der Waals surface area (Å²) in [7, 11) is 0. The fraction of sp³-hybridized carbons (Fsp3) is 0.750. The molecule has 1 fully saturated rings. The maximum atomic E-state index is 5.66. The second kappa shape index (κ2) is 3.08. The molecule has 0 aliphatic carbocycles. The minimum atomic E-state index is -0.0193. The summed E-state index contributed by atoms with van der Waals surface area (Å²) in [6, 6.07) is 0. The summed E-state index contributed by atoms with van der Waals surface area (Å²) in [4.78, 5) is 4.16. The lowest BCUT2D eigenvalue weighted by Gasteiger charge is -2.38. The highest BCUT2D eigenvalue weighted by molar-refractivity contribution is 4.92. The molecular formula is C8H14N4O. The monoisotopic (exact) mass is 182 g/mol. The third kappa shape index (κ3) is 1.87. The van der Waals surface area contributed by atoms with E-state index in [2.05, 4.69) is 27.4 Å². The molecule has 1 aromatic rings. The SMILES string of the molecule is Cc1nc(COC2(C)CNC2)n[nH]1. The van der Waals surface area contributed by atoms with Crippen molar-refractivity contribution < 1.29 is 4.74 Å². The van der Waals surface area contributed by atoms with Crippen molar-refractivity contribution in [3.05, 3.63) is 11.6 Å². The highest BCUT2D eigenvalue weighted by Crippen LogP contribution is 2.16. The summed E-state index contributed by atoms with van der Waals surface area (Å²) in [5, 5.41) is 9.95. The molecule has 0 atom stereocenters.